The van der Waals surface area contributed by atoms with E-state index in [-0.39, 0.29) is 18.3 Å². The lowest BCUT2D eigenvalue weighted by atomic mass is 10.1. The van der Waals surface area contributed by atoms with Gasteiger partial charge in [-0.3, -0.25) is 9.59 Å². The van der Waals surface area contributed by atoms with Crippen LogP contribution in [0.3, 0.4) is 0 Å². The maximum absolute atomic E-state index is 12.3. The average molecular weight is 424 g/mol. The Hall–Kier alpha value is -2.92. The largest absolute Gasteiger partial charge is 0.485 e. The topological polar surface area (TPSA) is 55.4 Å². The SMILES string of the molecule is Cc1ccc(C(=O)COc2cccc(NC(=O)c3ccc(Br)cc3)c2)cc1. The van der Waals surface area contributed by atoms with Gasteiger partial charge >= 0.3 is 0 Å². The van der Waals surface area contributed by atoms with E-state index in [9.17, 15) is 9.59 Å². The van der Waals surface area contributed by atoms with Crippen molar-refractivity contribution >= 4 is 33.3 Å². The fourth-order valence-electron chi connectivity index (χ4n) is 2.44. The molecule has 0 bridgehead atoms. The highest BCUT2D eigenvalue weighted by Gasteiger charge is 2.09. The van der Waals surface area contributed by atoms with Crippen LogP contribution in [-0.2, 0) is 0 Å². The predicted molar refractivity (Wildman–Crippen MR) is 110 cm³/mol. The molecule has 4 nitrogen and oxygen atoms in total. The van der Waals surface area contributed by atoms with Crippen molar-refractivity contribution in [2.75, 3.05) is 11.9 Å². The minimum Gasteiger partial charge on any atom is -0.485 e. The number of benzene rings is 3. The molecule has 0 unspecified atom stereocenters. The Morgan fingerprint density at radius 2 is 1.59 bits per heavy atom. The first kappa shape index (κ1) is 18.9. The molecule has 3 rings (SSSR count). The number of aryl methyl sites for hydroxylation is 1. The molecular formula is C22H18BrNO3. The number of ketones is 1. The fraction of sp³-hybridized carbons (Fsp3) is 0.0909. The second-order valence-corrected chi connectivity index (χ2v) is 6.98. The number of hydrogen-bond donors (Lipinski definition) is 1. The smallest absolute Gasteiger partial charge is 0.255 e. The number of anilines is 1. The molecule has 136 valence electrons. The third kappa shape index (κ3) is 5.28. The Kier molecular flexibility index (Phi) is 6.04. The van der Waals surface area contributed by atoms with Crippen LogP contribution in [0, 0.1) is 6.92 Å². The summed E-state index contributed by atoms with van der Waals surface area (Å²) in [6, 6.07) is 21.4. The van der Waals surface area contributed by atoms with E-state index < -0.39 is 0 Å². The monoisotopic (exact) mass is 423 g/mol. The molecule has 0 atom stereocenters. The average Bonchev–Trinajstić information content (AvgIpc) is 2.67. The highest BCUT2D eigenvalue weighted by atomic mass is 79.9. The van der Waals surface area contributed by atoms with Crippen molar-refractivity contribution in [1.29, 1.82) is 0 Å². The molecule has 0 saturated heterocycles. The molecular weight excluding hydrogens is 406 g/mol. The van der Waals surface area contributed by atoms with Gasteiger partial charge < -0.3 is 10.1 Å². The number of rotatable bonds is 6. The number of carbonyl (C=O) groups excluding carboxylic acids is 2. The van der Waals surface area contributed by atoms with Gasteiger partial charge in [-0.25, -0.2) is 0 Å². The van der Waals surface area contributed by atoms with Crippen LogP contribution in [0.2, 0.25) is 0 Å². The highest BCUT2D eigenvalue weighted by Crippen LogP contribution is 2.19. The van der Waals surface area contributed by atoms with E-state index in [1.165, 1.54) is 0 Å². The lowest BCUT2D eigenvalue weighted by molar-refractivity contribution is 0.0920. The molecule has 27 heavy (non-hydrogen) atoms. The van der Waals surface area contributed by atoms with Crippen LogP contribution in [-0.4, -0.2) is 18.3 Å². The number of ether oxygens (including phenoxy) is 1. The van der Waals surface area contributed by atoms with Gasteiger partial charge in [0.25, 0.3) is 5.91 Å². The first-order chi connectivity index (χ1) is 13.0. The summed E-state index contributed by atoms with van der Waals surface area (Å²) in [6.45, 7) is 1.91. The van der Waals surface area contributed by atoms with Crippen LogP contribution < -0.4 is 10.1 Å². The van der Waals surface area contributed by atoms with Gasteiger partial charge in [-0.05, 0) is 43.3 Å². The summed E-state index contributed by atoms with van der Waals surface area (Å²) < 4.78 is 6.50. The van der Waals surface area contributed by atoms with E-state index in [4.69, 9.17) is 4.74 Å². The van der Waals surface area contributed by atoms with Crippen LogP contribution >= 0.6 is 15.9 Å². The molecule has 3 aromatic carbocycles. The molecule has 1 N–H and O–H groups in total. The van der Waals surface area contributed by atoms with Crippen molar-refractivity contribution in [2.24, 2.45) is 0 Å². The minimum absolute atomic E-state index is 0.0623. The van der Waals surface area contributed by atoms with Crippen LogP contribution in [0.25, 0.3) is 0 Å². The van der Waals surface area contributed by atoms with Crippen molar-refractivity contribution in [3.63, 3.8) is 0 Å². The molecule has 0 aliphatic carbocycles. The minimum atomic E-state index is -0.213. The van der Waals surface area contributed by atoms with Gasteiger partial charge in [0.2, 0.25) is 0 Å². The number of carbonyl (C=O) groups is 2. The molecule has 0 saturated carbocycles. The first-order valence-electron chi connectivity index (χ1n) is 8.41. The Morgan fingerprint density at radius 1 is 0.926 bits per heavy atom. The van der Waals surface area contributed by atoms with Crippen molar-refractivity contribution in [3.05, 3.63) is 94.0 Å². The van der Waals surface area contributed by atoms with E-state index in [0.717, 1.165) is 10.0 Å². The van der Waals surface area contributed by atoms with Gasteiger partial charge in [-0.2, -0.15) is 0 Å². The van der Waals surface area contributed by atoms with E-state index >= 15 is 0 Å². The van der Waals surface area contributed by atoms with E-state index in [0.29, 0.717) is 22.6 Å². The van der Waals surface area contributed by atoms with Gasteiger partial charge in [0.15, 0.2) is 12.4 Å². The molecule has 3 aromatic rings. The Bertz CT molecular complexity index is 950. The highest BCUT2D eigenvalue weighted by molar-refractivity contribution is 9.10. The molecule has 0 aliphatic rings. The Morgan fingerprint density at radius 3 is 2.30 bits per heavy atom. The van der Waals surface area contributed by atoms with Gasteiger partial charge in [-0.1, -0.05) is 51.8 Å². The third-order valence-corrected chi connectivity index (χ3v) is 4.47. The van der Waals surface area contributed by atoms with E-state index in [2.05, 4.69) is 21.2 Å². The molecule has 1 amide bonds. The molecule has 0 aromatic heterocycles. The van der Waals surface area contributed by atoms with Crippen LogP contribution in [0.4, 0.5) is 5.69 Å². The fourth-order valence-corrected chi connectivity index (χ4v) is 2.70. The van der Waals surface area contributed by atoms with Gasteiger partial charge in [0.1, 0.15) is 5.75 Å². The van der Waals surface area contributed by atoms with E-state index in [1.807, 2.05) is 31.2 Å². The Labute approximate surface area is 166 Å². The third-order valence-electron chi connectivity index (χ3n) is 3.94. The van der Waals surface area contributed by atoms with Gasteiger partial charge in [0.05, 0.1) is 0 Å². The second kappa shape index (κ2) is 8.64. The number of amides is 1. The lowest BCUT2D eigenvalue weighted by Crippen LogP contribution is -2.13. The van der Waals surface area contributed by atoms with E-state index in [1.54, 1.807) is 48.5 Å². The summed E-state index contributed by atoms with van der Waals surface area (Å²) in [5, 5.41) is 2.82. The van der Waals surface area contributed by atoms with Crippen molar-refractivity contribution < 1.29 is 14.3 Å². The summed E-state index contributed by atoms with van der Waals surface area (Å²) in [5.74, 6) is 0.207. The molecule has 5 heteroatoms. The summed E-state index contributed by atoms with van der Waals surface area (Å²) in [4.78, 5) is 24.5. The van der Waals surface area contributed by atoms with Crippen molar-refractivity contribution in [3.8, 4) is 5.75 Å². The molecule has 0 radical (unpaired) electrons. The summed E-state index contributed by atoms with van der Waals surface area (Å²) in [5.41, 5.74) is 2.87. The lowest BCUT2D eigenvalue weighted by Gasteiger charge is -2.09. The normalized spacial score (nSPS) is 10.3. The summed E-state index contributed by atoms with van der Waals surface area (Å²) >= 11 is 3.34. The molecule has 0 aliphatic heterocycles. The maximum Gasteiger partial charge on any atom is 0.255 e. The molecule has 0 heterocycles. The molecule has 0 fully saturated rings. The second-order valence-electron chi connectivity index (χ2n) is 6.07. The van der Waals surface area contributed by atoms with Crippen LogP contribution in [0.1, 0.15) is 26.3 Å². The predicted octanol–water partition coefficient (Wildman–Crippen LogP) is 5.27. The van der Waals surface area contributed by atoms with Crippen molar-refractivity contribution in [1.82, 2.24) is 0 Å². The Balaban J connectivity index is 1.61. The maximum atomic E-state index is 12.3. The summed E-state index contributed by atoms with van der Waals surface area (Å²) in [6.07, 6.45) is 0. The zero-order chi connectivity index (χ0) is 19.2. The zero-order valence-electron chi connectivity index (χ0n) is 14.7. The van der Waals surface area contributed by atoms with Crippen LogP contribution in [0.15, 0.2) is 77.3 Å². The van der Waals surface area contributed by atoms with Gasteiger partial charge in [-0.15, -0.1) is 0 Å². The number of nitrogens with one attached hydrogen (secondary N) is 1. The first-order valence-corrected chi connectivity index (χ1v) is 9.20. The van der Waals surface area contributed by atoms with Gasteiger partial charge in [0, 0.05) is 27.4 Å². The number of hydrogen-bond acceptors (Lipinski definition) is 3. The van der Waals surface area contributed by atoms with Crippen LogP contribution in [0.5, 0.6) is 5.75 Å². The standard InChI is InChI=1S/C22H18BrNO3/c1-15-5-7-16(8-6-15)21(25)14-27-20-4-2-3-19(13-20)24-22(26)17-9-11-18(23)12-10-17/h2-13H,14H2,1H3,(H,24,26). The molecule has 0 spiro atoms. The zero-order valence-corrected chi connectivity index (χ0v) is 16.3. The number of halogens is 1. The summed E-state index contributed by atoms with van der Waals surface area (Å²) in [7, 11) is 0. The number of Topliss-reactive ketones (excluding diaryl/α,β-unsaturated/α-hetero) is 1. The van der Waals surface area contributed by atoms with Crippen molar-refractivity contribution in [2.45, 2.75) is 6.92 Å². The quantitative estimate of drug-likeness (QED) is 0.549.